The number of piperidine rings is 1. The van der Waals surface area contributed by atoms with Gasteiger partial charge < -0.3 is 102 Å². The molecule has 9 rings (SSSR count). The largest absolute Gasteiger partial charge is 0.504 e. The second kappa shape index (κ2) is 32.7. The highest BCUT2D eigenvalue weighted by Gasteiger charge is 2.50. The van der Waals surface area contributed by atoms with Crippen molar-refractivity contribution in [2.45, 2.75) is 201 Å². The van der Waals surface area contributed by atoms with E-state index < -0.39 is 171 Å². The van der Waals surface area contributed by atoms with E-state index in [0.29, 0.717) is 5.92 Å². The molecule has 520 valence electrons. The minimum atomic E-state index is -2.07. The molecule has 13 atom stereocenters. The maximum Gasteiger partial charge on any atom is 0.248 e. The molecule has 6 fully saturated rings. The Morgan fingerprint density at radius 3 is 2.06 bits per heavy atom. The second-order valence-electron chi connectivity index (χ2n) is 26.9. The lowest BCUT2D eigenvalue weighted by Gasteiger charge is -2.47. The number of aliphatic hydroxyl groups is 8. The van der Waals surface area contributed by atoms with Crippen LogP contribution in [0.2, 0.25) is 0 Å². The fourth-order valence-corrected chi connectivity index (χ4v) is 15.6. The summed E-state index contributed by atoms with van der Waals surface area (Å²) in [5.41, 5.74) is 2.25. The van der Waals surface area contributed by atoms with E-state index in [9.17, 15) is 79.8 Å². The number of hydrogen-bond acceptors (Lipinski definition) is 23. The fourth-order valence-electron chi connectivity index (χ4n) is 14.6. The molecule has 94 heavy (non-hydrogen) atoms. The molecule has 29 heteroatoms. The third-order valence-corrected chi connectivity index (χ3v) is 21.5. The summed E-state index contributed by atoms with van der Waals surface area (Å²) >= 11 is 1.57. The van der Waals surface area contributed by atoms with Crippen molar-refractivity contribution in [2.24, 2.45) is 17.8 Å². The Kier molecular flexibility index (Phi) is 25.1. The molecule has 2 aliphatic carbocycles. The molecule has 16 N–H and O–H groups in total. The Labute approximate surface area is 551 Å². The summed E-state index contributed by atoms with van der Waals surface area (Å²) < 4.78 is 6.26. The summed E-state index contributed by atoms with van der Waals surface area (Å²) in [6, 6.07) is 0.782. The topological polar surface area (TPSA) is 422 Å². The molecule has 6 aliphatic rings. The molecule has 0 bridgehead atoms. The van der Waals surface area contributed by atoms with Crippen molar-refractivity contribution in [3.05, 3.63) is 53.0 Å². The number of nitrogens with zero attached hydrogens (tertiary/aromatic N) is 5. The van der Waals surface area contributed by atoms with E-state index in [-0.39, 0.29) is 55.5 Å². The van der Waals surface area contributed by atoms with Gasteiger partial charge in [0.25, 0.3) is 0 Å². The first-order valence-electron chi connectivity index (χ1n) is 33.3. The molecule has 2 aromatic carbocycles. The number of methoxy groups -OCH3 is 1. The van der Waals surface area contributed by atoms with Gasteiger partial charge in [-0.05, 0) is 138 Å². The van der Waals surface area contributed by atoms with Crippen molar-refractivity contribution in [3.8, 4) is 22.1 Å². The fraction of sp³-hybridized carbons (Fsp3) is 0.692. The first kappa shape index (κ1) is 72.1. The number of anilines is 1. The molecule has 5 heterocycles. The highest BCUT2D eigenvalue weighted by Crippen LogP contribution is 2.43. The number of carbonyl (C=O) groups excluding carboxylic acids is 6. The minimum Gasteiger partial charge on any atom is -0.504 e. The van der Waals surface area contributed by atoms with Crippen LogP contribution in [0.3, 0.4) is 0 Å². The van der Waals surface area contributed by atoms with Gasteiger partial charge in [-0.3, -0.25) is 28.8 Å². The number of ether oxygens (including phenoxy) is 1. The quantitative estimate of drug-likeness (QED) is 0.0614. The van der Waals surface area contributed by atoms with Crippen LogP contribution < -0.4 is 36.8 Å². The molecule has 1 aromatic heterocycles. The first-order valence-corrected chi connectivity index (χ1v) is 34.1. The summed E-state index contributed by atoms with van der Waals surface area (Å²) in [4.78, 5) is 92.2. The number of aromatic hydroxyl groups is 2. The average Bonchev–Trinajstić information content (AvgIpc) is 1.41. The Hall–Kier alpha value is -6.22. The highest BCUT2D eigenvalue weighted by molar-refractivity contribution is 7.14. The monoisotopic (exact) mass is 1340 g/mol. The van der Waals surface area contributed by atoms with Crippen molar-refractivity contribution in [2.75, 3.05) is 71.0 Å². The Balaban J connectivity index is 0.915. The number of rotatable bonds is 19. The smallest absolute Gasteiger partial charge is 0.248 e. The molecule has 4 saturated heterocycles. The second-order valence-corrected chi connectivity index (χ2v) is 27.9. The van der Waals surface area contributed by atoms with E-state index in [2.05, 4.69) is 71.3 Å². The zero-order chi connectivity index (χ0) is 67.5. The van der Waals surface area contributed by atoms with Crippen molar-refractivity contribution in [1.29, 1.82) is 0 Å². The van der Waals surface area contributed by atoms with Crippen LogP contribution in [-0.4, -0.2) is 257 Å². The Morgan fingerprint density at radius 1 is 0.734 bits per heavy atom. The standard InChI is InChI=1S/C65H97N11O17S/c1-35-31-76-55(56(35)86)60(90)68-30-44(80)27-46(67-29-37-9-12-39(13-10-37)61-72-73-62(94-61)40-14-16-43(17-15-40)74-23-20-65(93-3,21-24-74)41-7-5-4-6-8-41)57(87)69-52(36(2)79)63(91)75-32-45(81)28-47(75)58(88)70-53(51(85)26-38-11-18-48(82)50(84)25-38)59(89)71-54(64(76)92)49(83)19-22-66-42(33-77)34-78/h11,14-18,25,35-37,39,41-42,44-47,49,51-56,66-67,77-86H,4-10,12-13,19-24,26-34H2,1-3H3,(H,68,90)(H,69,87)(H,70,88)(H,71,89)/t35-,36+,37-,39-,44+,45+,46-,47-,49+,51+,52-,53-,54-,55-,56-/m0/s1. The molecular weight excluding hydrogens is 1240 g/mol. The van der Waals surface area contributed by atoms with Gasteiger partial charge in [0.1, 0.15) is 40.2 Å². The van der Waals surface area contributed by atoms with E-state index in [4.69, 9.17) is 4.74 Å². The number of phenolic OH excluding ortho intramolecular Hbond substituents is 2. The van der Waals surface area contributed by atoms with Gasteiger partial charge in [-0.15, -0.1) is 10.2 Å². The molecule has 2 saturated carbocycles. The maximum atomic E-state index is 14.9. The number of hydrogen-bond donors (Lipinski definition) is 16. The van der Waals surface area contributed by atoms with Crippen LogP contribution in [-0.2, 0) is 39.9 Å². The van der Waals surface area contributed by atoms with Gasteiger partial charge in [0.05, 0.1) is 67.5 Å². The first-order chi connectivity index (χ1) is 45.0. The van der Waals surface area contributed by atoms with E-state index in [1.54, 1.807) is 18.3 Å². The molecule has 4 aliphatic heterocycles. The van der Waals surface area contributed by atoms with Crippen LogP contribution in [0.4, 0.5) is 5.69 Å². The maximum absolute atomic E-state index is 14.9. The van der Waals surface area contributed by atoms with E-state index in [1.807, 2.05) is 7.11 Å². The number of fused-ring (bicyclic) bond motifs is 2. The zero-order valence-corrected chi connectivity index (χ0v) is 54.6. The number of carbonyl (C=O) groups is 6. The van der Waals surface area contributed by atoms with Gasteiger partial charge in [0.2, 0.25) is 35.4 Å². The van der Waals surface area contributed by atoms with Crippen LogP contribution in [0.5, 0.6) is 11.5 Å². The number of phenols is 2. The van der Waals surface area contributed by atoms with Gasteiger partial charge >= 0.3 is 0 Å². The number of amides is 6. The molecule has 0 unspecified atom stereocenters. The van der Waals surface area contributed by atoms with Gasteiger partial charge in [-0.25, -0.2) is 0 Å². The van der Waals surface area contributed by atoms with Crippen LogP contribution in [0.15, 0.2) is 42.5 Å². The summed E-state index contributed by atoms with van der Waals surface area (Å²) in [5, 5.41) is 136. The van der Waals surface area contributed by atoms with E-state index in [1.165, 1.54) is 50.8 Å². The number of β-amino-alcohol motifs (C(OH)–C–C–N with tert-alkyl or cyclic N) is 1. The van der Waals surface area contributed by atoms with Crippen molar-refractivity contribution in [1.82, 2.24) is 51.9 Å². The Bertz CT molecular complexity index is 3030. The lowest BCUT2D eigenvalue weighted by molar-refractivity contribution is -0.147. The number of nitrogens with one attached hydrogen (secondary N) is 6. The molecule has 0 radical (unpaired) electrons. The normalized spacial score (nSPS) is 30.0. The van der Waals surface area contributed by atoms with Crippen molar-refractivity contribution >= 4 is 52.5 Å². The summed E-state index contributed by atoms with van der Waals surface area (Å²) in [5.74, 6) is -7.42. The lowest BCUT2D eigenvalue weighted by Crippen LogP contribution is -2.64. The van der Waals surface area contributed by atoms with Gasteiger partial charge in [0.15, 0.2) is 11.5 Å². The zero-order valence-electron chi connectivity index (χ0n) is 53.8. The SMILES string of the molecule is COC1(C2CCCCC2)CCN(c2ccc(-c3nnc([C@H]4CC[C@H](CN[C@H]5C[C@@H](O)CNC(=O)[C@@H]6[C@@H](O)[C@@H](C)CN6C(=O)[C@H]([C@H](O)CCNC(CO)CO)NC(=O)[C@H]([C@H](O)Cc6ccc(O)c(O)c6)NC(=O)[C@@H]6C[C@@H](O)CN6C(=O)[C@H]([C@@H](C)O)NC5=O)CC4)s3)cc2)CC1. The third-order valence-electron chi connectivity index (χ3n) is 20.4. The van der Waals surface area contributed by atoms with Gasteiger partial charge in [-0.2, -0.15) is 0 Å². The van der Waals surface area contributed by atoms with E-state index in [0.717, 1.165) is 89.1 Å². The van der Waals surface area contributed by atoms with Gasteiger partial charge in [-0.1, -0.05) is 43.6 Å². The Morgan fingerprint density at radius 2 is 1.40 bits per heavy atom. The summed E-state index contributed by atoms with van der Waals surface area (Å²) in [6.07, 6.45) is -0.0628. The van der Waals surface area contributed by atoms with Crippen LogP contribution in [0.25, 0.3) is 10.6 Å². The number of aliphatic hydroxyl groups excluding tert-OH is 8. The predicted octanol–water partition coefficient (Wildman–Crippen LogP) is -1.40. The molecular formula is C65H97N11O17S. The summed E-state index contributed by atoms with van der Waals surface area (Å²) in [7, 11) is 1.88. The highest BCUT2D eigenvalue weighted by atomic mass is 32.1. The molecule has 28 nitrogen and oxygen atoms in total. The van der Waals surface area contributed by atoms with Crippen LogP contribution in [0, 0.1) is 17.8 Å². The number of aromatic nitrogens is 2. The average molecular weight is 1340 g/mol. The minimum absolute atomic E-state index is 0.0277. The van der Waals surface area contributed by atoms with Crippen molar-refractivity contribution in [3.63, 3.8) is 0 Å². The number of benzene rings is 2. The third kappa shape index (κ3) is 17.3. The molecule has 6 amide bonds. The summed E-state index contributed by atoms with van der Waals surface area (Å²) in [6.45, 7) is 2.45. The molecule has 3 aromatic rings. The van der Waals surface area contributed by atoms with E-state index >= 15 is 0 Å². The molecule has 0 spiro atoms. The van der Waals surface area contributed by atoms with Crippen LogP contribution in [0.1, 0.15) is 120 Å². The van der Waals surface area contributed by atoms with Gasteiger partial charge in [0, 0.05) is 75.8 Å². The lowest BCUT2D eigenvalue weighted by atomic mass is 9.72. The van der Waals surface area contributed by atoms with Crippen LogP contribution >= 0.6 is 11.3 Å². The van der Waals surface area contributed by atoms with Crippen molar-refractivity contribution < 1.29 is 84.6 Å². The predicted molar refractivity (Wildman–Crippen MR) is 344 cm³/mol.